The molecule has 7 heteroatoms. The fraction of sp³-hybridized carbons (Fsp3) is 0.278. The summed E-state index contributed by atoms with van der Waals surface area (Å²) in [7, 11) is 1.98. The van der Waals surface area contributed by atoms with Crippen molar-refractivity contribution < 1.29 is 5.11 Å². The highest BCUT2D eigenvalue weighted by Crippen LogP contribution is 2.27. The molecule has 0 atom stereocenters. The number of aromatic nitrogens is 3. The molecule has 7 nitrogen and oxygen atoms in total. The Bertz CT molecular complexity index is 972. The molecule has 0 bridgehead atoms. The molecule has 0 spiro atoms. The molecule has 0 aliphatic rings. The van der Waals surface area contributed by atoms with Crippen LogP contribution in [-0.2, 0) is 7.05 Å². The number of aliphatic hydroxyl groups is 1. The average Bonchev–Trinajstić information content (AvgIpc) is 2.90. The Morgan fingerprint density at radius 3 is 2.76 bits per heavy atom. The summed E-state index contributed by atoms with van der Waals surface area (Å²) in [5.74, 6) is 0.665. The van der Waals surface area contributed by atoms with E-state index in [-0.39, 0.29) is 6.61 Å². The van der Waals surface area contributed by atoms with E-state index in [2.05, 4.69) is 15.6 Å². The van der Waals surface area contributed by atoms with Gasteiger partial charge in [-0.05, 0) is 32.0 Å². The Hall–Kier alpha value is -2.93. The van der Waals surface area contributed by atoms with E-state index in [4.69, 9.17) is 15.5 Å². The van der Waals surface area contributed by atoms with Crippen LogP contribution < -0.4 is 10.6 Å². The van der Waals surface area contributed by atoms with E-state index in [0.29, 0.717) is 23.8 Å². The lowest BCUT2D eigenvalue weighted by atomic mass is 10.2. The van der Waals surface area contributed by atoms with Gasteiger partial charge >= 0.3 is 0 Å². The molecule has 4 N–H and O–H groups in total. The summed E-state index contributed by atoms with van der Waals surface area (Å²) in [6, 6.07) is 5.89. The summed E-state index contributed by atoms with van der Waals surface area (Å²) in [4.78, 5) is 8.91. The van der Waals surface area contributed by atoms with Crippen molar-refractivity contribution in [3.8, 4) is 0 Å². The fourth-order valence-electron chi connectivity index (χ4n) is 2.91. The highest BCUT2D eigenvalue weighted by molar-refractivity contribution is 6.06. The first-order chi connectivity index (χ1) is 12.0. The first kappa shape index (κ1) is 16.9. The molecule has 0 aliphatic heterocycles. The summed E-state index contributed by atoms with van der Waals surface area (Å²) in [5, 5.41) is 25.4. The van der Waals surface area contributed by atoms with Crippen LogP contribution in [-0.4, -0.2) is 38.5 Å². The van der Waals surface area contributed by atoms with Gasteiger partial charge in [0.2, 0.25) is 0 Å². The Morgan fingerprint density at radius 1 is 1.24 bits per heavy atom. The lowest BCUT2D eigenvalue weighted by Crippen LogP contribution is -2.22. The minimum Gasteiger partial charge on any atom is -0.395 e. The summed E-state index contributed by atoms with van der Waals surface area (Å²) in [6.45, 7) is 4.06. The molecule has 25 heavy (non-hydrogen) atoms. The van der Waals surface area contributed by atoms with Crippen molar-refractivity contribution >= 4 is 33.5 Å². The summed E-state index contributed by atoms with van der Waals surface area (Å²) in [6.07, 6.45) is 3.62. The van der Waals surface area contributed by atoms with E-state index in [1.54, 1.807) is 13.1 Å². The van der Waals surface area contributed by atoms with Crippen LogP contribution >= 0.6 is 0 Å². The van der Waals surface area contributed by atoms with Gasteiger partial charge in [-0.2, -0.15) is 0 Å². The number of nitrogens with one attached hydrogen (secondary N) is 3. The predicted octanol–water partition coefficient (Wildman–Crippen LogP) is 2.39. The van der Waals surface area contributed by atoms with Crippen molar-refractivity contribution in [2.75, 3.05) is 18.5 Å². The number of anilines is 1. The van der Waals surface area contributed by atoms with Gasteiger partial charge in [-0.15, -0.1) is 0 Å². The van der Waals surface area contributed by atoms with Gasteiger partial charge < -0.3 is 25.7 Å². The molecule has 3 rings (SSSR count). The van der Waals surface area contributed by atoms with Gasteiger partial charge in [0.15, 0.2) is 0 Å². The average molecular weight is 338 g/mol. The number of rotatable bonds is 6. The van der Waals surface area contributed by atoms with Gasteiger partial charge in [-0.25, -0.2) is 4.98 Å². The zero-order chi connectivity index (χ0) is 18.0. The molecular formula is C18H22N6O. The molecule has 0 aliphatic carbocycles. The number of pyridine rings is 2. The number of aliphatic hydroxyl groups excluding tert-OH is 1. The number of aryl methyl sites for hydroxylation is 1. The molecule has 0 saturated carbocycles. The molecule has 3 heterocycles. The smallest absolute Gasteiger partial charge is 0.143 e. The maximum atomic E-state index is 8.96. The Kier molecular flexibility index (Phi) is 4.67. The van der Waals surface area contributed by atoms with E-state index in [0.717, 1.165) is 27.6 Å². The lowest BCUT2D eigenvalue weighted by molar-refractivity contribution is 0.297. The molecule has 0 aromatic carbocycles. The molecule has 3 aromatic rings. The molecular weight excluding hydrogens is 316 g/mol. The first-order valence-electron chi connectivity index (χ1n) is 8.10. The van der Waals surface area contributed by atoms with Crippen molar-refractivity contribution in [3.05, 3.63) is 42.0 Å². The fourth-order valence-corrected chi connectivity index (χ4v) is 2.91. The molecule has 3 aromatic heterocycles. The van der Waals surface area contributed by atoms with Crippen molar-refractivity contribution in [1.82, 2.24) is 19.9 Å². The van der Waals surface area contributed by atoms with Crippen molar-refractivity contribution in [1.29, 1.82) is 5.41 Å². The highest BCUT2D eigenvalue weighted by Gasteiger charge is 2.12. The second-order valence-corrected chi connectivity index (χ2v) is 5.92. The van der Waals surface area contributed by atoms with E-state index in [9.17, 15) is 0 Å². The van der Waals surface area contributed by atoms with Crippen LogP contribution in [0.2, 0.25) is 0 Å². The molecule has 0 fully saturated rings. The molecule has 130 valence electrons. The van der Waals surface area contributed by atoms with Crippen LogP contribution in [0, 0.1) is 5.41 Å². The minimum atomic E-state index is 0.0376. The van der Waals surface area contributed by atoms with Crippen molar-refractivity contribution in [2.45, 2.75) is 13.8 Å². The van der Waals surface area contributed by atoms with Gasteiger partial charge in [0.05, 0.1) is 23.5 Å². The third-order valence-corrected chi connectivity index (χ3v) is 4.15. The number of nitrogens with zero attached hydrogens (tertiary/aromatic N) is 3. The van der Waals surface area contributed by atoms with Gasteiger partial charge in [0.25, 0.3) is 0 Å². The molecule has 0 saturated heterocycles. The van der Waals surface area contributed by atoms with E-state index >= 15 is 0 Å². The number of fused-ring (bicyclic) bond motifs is 3. The lowest BCUT2D eigenvalue weighted by Gasteiger charge is -2.15. The zero-order valence-electron chi connectivity index (χ0n) is 14.6. The van der Waals surface area contributed by atoms with Crippen LogP contribution in [0.4, 0.5) is 5.82 Å². The summed E-state index contributed by atoms with van der Waals surface area (Å²) >= 11 is 0. The van der Waals surface area contributed by atoms with E-state index in [1.165, 1.54) is 0 Å². The molecule has 0 unspecified atom stereocenters. The second-order valence-electron chi connectivity index (χ2n) is 5.92. The Morgan fingerprint density at radius 2 is 2.04 bits per heavy atom. The SMILES string of the molecule is CC(=N)/C(Nc1ccc2c3cnccc3n(C)c2n1)=C(/C)NCCO. The maximum absolute atomic E-state index is 8.96. The third-order valence-electron chi connectivity index (χ3n) is 4.15. The van der Waals surface area contributed by atoms with Crippen LogP contribution in [0.5, 0.6) is 0 Å². The van der Waals surface area contributed by atoms with Crippen LogP contribution in [0.3, 0.4) is 0 Å². The minimum absolute atomic E-state index is 0.0376. The van der Waals surface area contributed by atoms with Gasteiger partial charge in [0.1, 0.15) is 11.5 Å². The summed E-state index contributed by atoms with van der Waals surface area (Å²) in [5.41, 5.74) is 3.78. The number of hydrogen-bond donors (Lipinski definition) is 4. The zero-order valence-corrected chi connectivity index (χ0v) is 14.6. The largest absolute Gasteiger partial charge is 0.395 e. The van der Waals surface area contributed by atoms with Gasteiger partial charge in [0, 0.05) is 42.5 Å². The topological polar surface area (TPSA) is 98.9 Å². The number of allylic oxidation sites excluding steroid dienone is 2. The van der Waals surface area contributed by atoms with Gasteiger partial charge in [-0.3, -0.25) is 4.98 Å². The quantitative estimate of drug-likeness (QED) is 0.517. The van der Waals surface area contributed by atoms with Gasteiger partial charge in [-0.1, -0.05) is 0 Å². The van der Waals surface area contributed by atoms with Crippen molar-refractivity contribution in [2.24, 2.45) is 7.05 Å². The maximum Gasteiger partial charge on any atom is 0.143 e. The van der Waals surface area contributed by atoms with Crippen LogP contribution in [0.1, 0.15) is 13.8 Å². The van der Waals surface area contributed by atoms with Crippen LogP contribution in [0.25, 0.3) is 21.9 Å². The third kappa shape index (κ3) is 3.18. The second kappa shape index (κ2) is 6.90. The Balaban J connectivity index is 2.02. The number of hydrogen-bond acceptors (Lipinski definition) is 6. The Labute approximate surface area is 145 Å². The van der Waals surface area contributed by atoms with Crippen LogP contribution in [0.15, 0.2) is 42.0 Å². The van der Waals surface area contributed by atoms with E-state index < -0.39 is 0 Å². The first-order valence-corrected chi connectivity index (χ1v) is 8.10. The summed E-state index contributed by atoms with van der Waals surface area (Å²) < 4.78 is 2.04. The molecule has 0 amide bonds. The molecule has 0 radical (unpaired) electrons. The monoisotopic (exact) mass is 338 g/mol. The standard InChI is InChI=1S/C18H22N6O/c1-11(19)17(12(2)21-8-9-25)22-16-5-4-13-14-10-20-7-6-15(14)24(3)18(13)23-16/h4-7,10,19,21,25H,8-9H2,1-3H3,(H,22,23)/b17-12+,19-11?. The van der Waals surface area contributed by atoms with Crippen molar-refractivity contribution in [3.63, 3.8) is 0 Å². The normalized spacial score (nSPS) is 12.3. The van der Waals surface area contributed by atoms with E-state index in [1.807, 2.05) is 42.9 Å². The predicted molar refractivity (Wildman–Crippen MR) is 101 cm³/mol. The highest BCUT2D eigenvalue weighted by atomic mass is 16.3.